The Morgan fingerprint density at radius 2 is 2.00 bits per heavy atom. The number of carbonyl (C=O) groups is 1. The second-order valence-corrected chi connectivity index (χ2v) is 4.84. The number of amides is 1. The van der Waals surface area contributed by atoms with Gasteiger partial charge in [-0.15, -0.1) is 0 Å². The SMILES string of the molecule is CNCCN1CCN(c2ccc(Cl)cc2)C(=O)C1. The van der Waals surface area contributed by atoms with Gasteiger partial charge in [0.15, 0.2) is 0 Å². The van der Waals surface area contributed by atoms with Crippen LogP contribution in [0.5, 0.6) is 0 Å². The van der Waals surface area contributed by atoms with Crippen LogP contribution in [0.25, 0.3) is 0 Å². The molecule has 0 spiro atoms. The minimum atomic E-state index is 0.152. The Bertz CT molecular complexity index is 407. The van der Waals surface area contributed by atoms with Crippen LogP contribution in [-0.4, -0.2) is 50.6 Å². The first-order chi connectivity index (χ1) is 8.70. The molecule has 2 rings (SSSR count). The molecule has 0 aromatic heterocycles. The molecule has 18 heavy (non-hydrogen) atoms. The maximum absolute atomic E-state index is 12.1. The number of hydrogen-bond acceptors (Lipinski definition) is 3. The van der Waals surface area contributed by atoms with E-state index in [9.17, 15) is 4.79 Å². The molecule has 1 aromatic carbocycles. The first kappa shape index (κ1) is 13.3. The van der Waals surface area contributed by atoms with Crippen molar-refractivity contribution in [2.24, 2.45) is 0 Å². The van der Waals surface area contributed by atoms with Crippen molar-refractivity contribution < 1.29 is 4.79 Å². The van der Waals surface area contributed by atoms with Gasteiger partial charge in [0.05, 0.1) is 6.54 Å². The highest BCUT2D eigenvalue weighted by atomic mass is 35.5. The fourth-order valence-corrected chi connectivity index (χ4v) is 2.20. The van der Waals surface area contributed by atoms with Crippen molar-refractivity contribution >= 4 is 23.2 Å². The van der Waals surface area contributed by atoms with E-state index >= 15 is 0 Å². The number of benzene rings is 1. The van der Waals surface area contributed by atoms with E-state index in [1.165, 1.54) is 0 Å². The molecule has 0 aliphatic carbocycles. The fraction of sp³-hybridized carbons (Fsp3) is 0.462. The van der Waals surface area contributed by atoms with Crippen LogP contribution in [0.15, 0.2) is 24.3 Å². The molecular weight excluding hydrogens is 250 g/mol. The van der Waals surface area contributed by atoms with Crippen molar-refractivity contribution in [3.05, 3.63) is 29.3 Å². The van der Waals surface area contributed by atoms with E-state index in [2.05, 4.69) is 10.2 Å². The molecule has 0 bridgehead atoms. The lowest BCUT2D eigenvalue weighted by atomic mass is 10.2. The van der Waals surface area contributed by atoms with Gasteiger partial charge >= 0.3 is 0 Å². The zero-order valence-corrected chi connectivity index (χ0v) is 11.3. The predicted molar refractivity (Wildman–Crippen MR) is 74.2 cm³/mol. The maximum atomic E-state index is 12.1. The number of nitrogens with one attached hydrogen (secondary N) is 1. The molecule has 1 fully saturated rings. The zero-order valence-electron chi connectivity index (χ0n) is 10.5. The van der Waals surface area contributed by atoms with Crippen molar-refractivity contribution in [3.63, 3.8) is 0 Å². The van der Waals surface area contributed by atoms with E-state index in [-0.39, 0.29) is 5.91 Å². The first-order valence-corrected chi connectivity index (χ1v) is 6.51. The van der Waals surface area contributed by atoms with E-state index in [0.717, 1.165) is 31.9 Å². The maximum Gasteiger partial charge on any atom is 0.241 e. The van der Waals surface area contributed by atoms with E-state index in [1.807, 2.05) is 36.2 Å². The Labute approximate surface area is 113 Å². The topological polar surface area (TPSA) is 35.6 Å². The Kier molecular flexibility index (Phi) is 4.58. The van der Waals surface area contributed by atoms with Crippen LogP contribution >= 0.6 is 11.6 Å². The highest BCUT2D eigenvalue weighted by Gasteiger charge is 2.24. The average Bonchev–Trinajstić information content (AvgIpc) is 2.38. The summed E-state index contributed by atoms with van der Waals surface area (Å²) in [4.78, 5) is 16.1. The van der Waals surface area contributed by atoms with Gasteiger partial charge in [0.2, 0.25) is 5.91 Å². The Hall–Kier alpha value is -1.10. The van der Waals surface area contributed by atoms with Gasteiger partial charge in [-0.3, -0.25) is 9.69 Å². The molecule has 1 amide bonds. The van der Waals surface area contributed by atoms with Crippen molar-refractivity contribution in [1.29, 1.82) is 0 Å². The van der Waals surface area contributed by atoms with Gasteiger partial charge in [0, 0.05) is 36.9 Å². The van der Waals surface area contributed by atoms with Crippen LogP contribution in [0.4, 0.5) is 5.69 Å². The lowest BCUT2D eigenvalue weighted by Crippen LogP contribution is -2.51. The third kappa shape index (κ3) is 3.22. The number of piperazine rings is 1. The molecule has 4 nitrogen and oxygen atoms in total. The lowest BCUT2D eigenvalue weighted by molar-refractivity contribution is -0.121. The second kappa shape index (κ2) is 6.18. The van der Waals surface area contributed by atoms with E-state index < -0.39 is 0 Å². The smallest absolute Gasteiger partial charge is 0.241 e. The van der Waals surface area contributed by atoms with Crippen LogP contribution in [0.3, 0.4) is 0 Å². The summed E-state index contributed by atoms with van der Waals surface area (Å²) in [5, 5.41) is 3.79. The summed E-state index contributed by atoms with van der Waals surface area (Å²) in [6.45, 7) is 3.97. The quantitative estimate of drug-likeness (QED) is 0.891. The summed E-state index contributed by atoms with van der Waals surface area (Å²) < 4.78 is 0. The Balaban J connectivity index is 1.97. The fourth-order valence-electron chi connectivity index (χ4n) is 2.08. The number of hydrogen-bond donors (Lipinski definition) is 1. The number of likely N-dealkylation sites (N-methyl/N-ethyl adjacent to an activating group) is 1. The second-order valence-electron chi connectivity index (χ2n) is 4.40. The molecule has 1 aliphatic rings. The molecule has 1 heterocycles. The van der Waals surface area contributed by atoms with E-state index in [1.54, 1.807) is 0 Å². The van der Waals surface area contributed by atoms with Crippen molar-refractivity contribution in [2.45, 2.75) is 0 Å². The predicted octanol–water partition coefficient (Wildman–Crippen LogP) is 1.21. The van der Waals surface area contributed by atoms with Crippen LogP contribution in [0, 0.1) is 0 Å². The Morgan fingerprint density at radius 3 is 2.61 bits per heavy atom. The molecule has 0 atom stereocenters. The minimum absolute atomic E-state index is 0.152. The minimum Gasteiger partial charge on any atom is -0.318 e. The summed E-state index contributed by atoms with van der Waals surface area (Å²) in [6, 6.07) is 7.42. The third-order valence-electron chi connectivity index (χ3n) is 3.12. The van der Waals surface area contributed by atoms with Gasteiger partial charge in [-0.05, 0) is 31.3 Å². The number of carbonyl (C=O) groups excluding carboxylic acids is 1. The number of nitrogens with zero attached hydrogens (tertiary/aromatic N) is 2. The van der Waals surface area contributed by atoms with Gasteiger partial charge in [0.1, 0.15) is 0 Å². The third-order valence-corrected chi connectivity index (χ3v) is 3.37. The molecule has 0 unspecified atom stereocenters. The summed E-state index contributed by atoms with van der Waals surface area (Å²) in [6.07, 6.45) is 0. The molecular formula is C13H18ClN3O. The molecule has 1 N–H and O–H groups in total. The molecule has 1 saturated heterocycles. The van der Waals surface area contributed by atoms with Crippen molar-refractivity contribution in [1.82, 2.24) is 10.2 Å². The molecule has 0 radical (unpaired) electrons. The number of rotatable bonds is 4. The summed E-state index contributed by atoms with van der Waals surface area (Å²) in [7, 11) is 1.92. The highest BCUT2D eigenvalue weighted by Crippen LogP contribution is 2.19. The van der Waals surface area contributed by atoms with Crippen LogP contribution < -0.4 is 10.2 Å². The van der Waals surface area contributed by atoms with Gasteiger partial charge in [-0.1, -0.05) is 11.6 Å². The summed E-state index contributed by atoms with van der Waals surface area (Å²) in [5.74, 6) is 0.152. The monoisotopic (exact) mass is 267 g/mol. The average molecular weight is 268 g/mol. The van der Waals surface area contributed by atoms with Gasteiger partial charge in [0.25, 0.3) is 0 Å². The van der Waals surface area contributed by atoms with Gasteiger partial charge in [-0.25, -0.2) is 0 Å². The molecule has 0 saturated carbocycles. The number of halogens is 1. The molecule has 98 valence electrons. The molecule has 5 heteroatoms. The Morgan fingerprint density at radius 1 is 1.28 bits per heavy atom. The molecule has 1 aliphatic heterocycles. The number of anilines is 1. The first-order valence-electron chi connectivity index (χ1n) is 6.13. The standard InChI is InChI=1S/C13H18ClN3O/c1-15-6-7-16-8-9-17(13(18)10-16)12-4-2-11(14)3-5-12/h2-5,15H,6-10H2,1H3. The van der Waals surface area contributed by atoms with E-state index in [4.69, 9.17) is 11.6 Å². The van der Waals surface area contributed by atoms with Crippen molar-refractivity contribution in [3.8, 4) is 0 Å². The van der Waals surface area contributed by atoms with E-state index in [0.29, 0.717) is 11.6 Å². The van der Waals surface area contributed by atoms with Crippen molar-refractivity contribution in [2.75, 3.05) is 44.7 Å². The zero-order chi connectivity index (χ0) is 13.0. The van der Waals surface area contributed by atoms with Gasteiger partial charge in [-0.2, -0.15) is 0 Å². The summed E-state index contributed by atoms with van der Waals surface area (Å²) >= 11 is 5.85. The largest absolute Gasteiger partial charge is 0.318 e. The molecule has 1 aromatic rings. The lowest BCUT2D eigenvalue weighted by Gasteiger charge is -2.34. The van der Waals surface area contributed by atoms with Crippen LogP contribution in [0.1, 0.15) is 0 Å². The van der Waals surface area contributed by atoms with Crippen LogP contribution in [0.2, 0.25) is 5.02 Å². The highest BCUT2D eigenvalue weighted by molar-refractivity contribution is 6.30. The van der Waals surface area contributed by atoms with Crippen LogP contribution in [-0.2, 0) is 4.79 Å². The van der Waals surface area contributed by atoms with Gasteiger partial charge < -0.3 is 10.2 Å². The normalized spacial score (nSPS) is 17.2. The summed E-state index contributed by atoms with van der Waals surface area (Å²) in [5.41, 5.74) is 0.928.